The van der Waals surface area contributed by atoms with Gasteiger partial charge in [-0.2, -0.15) is 5.10 Å². The van der Waals surface area contributed by atoms with Crippen LogP contribution in [0.5, 0.6) is 5.75 Å². The molecule has 0 fully saturated rings. The molecule has 1 N–H and O–H groups in total. The molecule has 8 heteroatoms. The molecule has 0 bridgehead atoms. The minimum atomic E-state index is -0.280. The van der Waals surface area contributed by atoms with Crippen molar-refractivity contribution >= 4 is 17.6 Å². The van der Waals surface area contributed by atoms with E-state index in [0.717, 1.165) is 34.6 Å². The molecule has 2 aromatic rings. The van der Waals surface area contributed by atoms with Gasteiger partial charge in [-0.25, -0.2) is 9.80 Å². The predicted octanol–water partition coefficient (Wildman–Crippen LogP) is 3.75. The second kappa shape index (κ2) is 12.2. The third kappa shape index (κ3) is 6.35. The summed E-state index contributed by atoms with van der Waals surface area (Å²) in [7, 11) is 3.20. The van der Waals surface area contributed by atoms with Crippen LogP contribution in [-0.2, 0) is 9.53 Å². The largest absolute Gasteiger partial charge is 0.497 e. The van der Waals surface area contributed by atoms with Gasteiger partial charge in [0.2, 0.25) is 0 Å². The highest BCUT2D eigenvalue weighted by Gasteiger charge is 2.34. The Hall–Kier alpha value is -3.39. The van der Waals surface area contributed by atoms with Crippen molar-refractivity contribution in [2.75, 3.05) is 40.5 Å². The molecule has 8 nitrogen and oxygen atoms in total. The van der Waals surface area contributed by atoms with Crippen molar-refractivity contribution in [3.8, 4) is 5.75 Å². The summed E-state index contributed by atoms with van der Waals surface area (Å²) in [5.74, 6) is 0.522. The third-order valence-electron chi connectivity index (χ3n) is 5.76. The number of nitrogens with one attached hydrogen (secondary N) is 1. The molecule has 1 aliphatic heterocycles. The molecule has 1 aliphatic rings. The van der Waals surface area contributed by atoms with E-state index in [1.165, 1.54) is 9.91 Å². The number of carbonyl (C=O) groups excluding carboxylic acids is 2. The smallest absolute Gasteiger partial charge is 0.317 e. The molecular formula is C26H34N4O4. The van der Waals surface area contributed by atoms with Gasteiger partial charge in [0.15, 0.2) is 0 Å². The fourth-order valence-electron chi connectivity index (χ4n) is 3.78. The van der Waals surface area contributed by atoms with Crippen LogP contribution in [0.1, 0.15) is 42.5 Å². The first-order valence-corrected chi connectivity index (χ1v) is 11.6. The minimum absolute atomic E-state index is 0.0827. The molecule has 34 heavy (non-hydrogen) atoms. The van der Waals surface area contributed by atoms with E-state index in [2.05, 4.69) is 5.32 Å². The van der Waals surface area contributed by atoms with Gasteiger partial charge in [-0.15, -0.1) is 0 Å². The Morgan fingerprint density at radius 2 is 1.82 bits per heavy atom. The Bertz CT molecular complexity index is 989. The quantitative estimate of drug-likeness (QED) is 0.578. The summed E-state index contributed by atoms with van der Waals surface area (Å²) in [6.45, 7) is 5.14. The summed E-state index contributed by atoms with van der Waals surface area (Å²) in [6.07, 6.45) is 1.40. The Balaban J connectivity index is 1.86. The summed E-state index contributed by atoms with van der Waals surface area (Å²) in [5.41, 5.74) is 3.91. The van der Waals surface area contributed by atoms with Crippen molar-refractivity contribution in [3.63, 3.8) is 0 Å². The number of hydrogen-bond donors (Lipinski definition) is 1. The van der Waals surface area contributed by atoms with Crippen LogP contribution < -0.4 is 10.1 Å². The number of benzene rings is 2. The number of urea groups is 1. The van der Waals surface area contributed by atoms with Gasteiger partial charge in [0.05, 0.1) is 25.5 Å². The fourth-order valence-corrected chi connectivity index (χ4v) is 3.78. The van der Waals surface area contributed by atoms with Crippen LogP contribution in [0.2, 0.25) is 0 Å². The van der Waals surface area contributed by atoms with Gasteiger partial charge in [-0.3, -0.25) is 4.79 Å². The summed E-state index contributed by atoms with van der Waals surface area (Å²) < 4.78 is 10.4. The fraction of sp³-hybridized carbons (Fsp3) is 0.423. The number of hydrazone groups is 1. The van der Waals surface area contributed by atoms with Crippen LogP contribution in [-0.4, -0.2) is 68.0 Å². The van der Waals surface area contributed by atoms with Crippen molar-refractivity contribution in [2.24, 2.45) is 5.10 Å². The average molecular weight is 467 g/mol. The zero-order valence-corrected chi connectivity index (χ0v) is 20.4. The SMILES string of the molecule is CCCNC(=O)N(CCOC)CC(=O)N1N=C(c2ccc(OC)cc2)CC1c1ccc(C)cc1. The second-order valence-electron chi connectivity index (χ2n) is 8.29. The Morgan fingerprint density at radius 1 is 1.12 bits per heavy atom. The number of aryl methyl sites for hydroxylation is 1. The Labute approximate surface area is 201 Å². The predicted molar refractivity (Wildman–Crippen MR) is 132 cm³/mol. The van der Waals surface area contributed by atoms with E-state index in [-0.39, 0.29) is 24.5 Å². The monoisotopic (exact) mass is 466 g/mol. The number of rotatable bonds is 10. The second-order valence-corrected chi connectivity index (χ2v) is 8.29. The molecule has 1 heterocycles. The van der Waals surface area contributed by atoms with E-state index in [9.17, 15) is 9.59 Å². The molecule has 0 spiro atoms. The van der Waals surface area contributed by atoms with E-state index < -0.39 is 0 Å². The van der Waals surface area contributed by atoms with Gasteiger partial charge in [0.25, 0.3) is 5.91 Å². The molecule has 0 radical (unpaired) electrons. The highest BCUT2D eigenvalue weighted by Crippen LogP contribution is 2.33. The Kier molecular flexibility index (Phi) is 9.04. The Morgan fingerprint density at radius 3 is 2.44 bits per heavy atom. The van der Waals surface area contributed by atoms with Crippen molar-refractivity contribution < 1.29 is 19.1 Å². The number of hydrogen-bond acceptors (Lipinski definition) is 5. The summed E-state index contributed by atoms with van der Waals surface area (Å²) in [6, 6.07) is 15.3. The lowest BCUT2D eigenvalue weighted by atomic mass is 9.97. The maximum atomic E-state index is 13.5. The lowest BCUT2D eigenvalue weighted by Crippen LogP contribution is -2.47. The van der Waals surface area contributed by atoms with Crippen LogP contribution >= 0.6 is 0 Å². The van der Waals surface area contributed by atoms with E-state index >= 15 is 0 Å². The molecule has 3 amide bonds. The molecular weight excluding hydrogens is 432 g/mol. The summed E-state index contributed by atoms with van der Waals surface area (Å²) in [5, 5.41) is 9.09. The number of methoxy groups -OCH3 is 2. The maximum absolute atomic E-state index is 13.5. The van der Waals surface area contributed by atoms with Gasteiger partial charge in [-0.05, 0) is 48.7 Å². The first-order valence-electron chi connectivity index (χ1n) is 11.6. The lowest BCUT2D eigenvalue weighted by Gasteiger charge is -2.27. The molecule has 1 unspecified atom stereocenters. The molecule has 0 aromatic heterocycles. The standard InChI is InChI=1S/C26H34N4O4/c1-5-14-27-26(32)29(15-16-33-3)18-25(31)30-24(21-8-6-19(2)7-9-21)17-23(28-30)20-10-12-22(34-4)13-11-20/h6-13,24H,5,14-18H2,1-4H3,(H,27,32). The van der Waals surface area contributed by atoms with Crippen LogP contribution in [0.15, 0.2) is 53.6 Å². The average Bonchev–Trinajstić information content (AvgIpc) is 3.31. The molecule has 2 aromatic carbocycles. The van der Waals surface area contributed by atoms with Gasteiger partial charge in [0.1, 0.15) is 12.3 Å². The number of nitrogens with zero attached hydrogens (tertiary/aromatic N) is 3. The van der Waals surface area contributed by atoms with Gasteiger partial charge < -0.3 is 19.7 Å². The molecule has 0 saturated carbocycles. The number of amides is 3. The van der Waals surface area contributed by atoms with Crippen molar-refractivity contribution in [3.05, 3.63) is 65.2 Å². The van der Waals surface area contributed by atoms with Crippen molar-refractivity contribution in [1.29, 1.82) is 0 Å². The van der Waals surface area contributed by atoms with E-state index in [4.69, 9.17) is 14.6 Å². The van der Waals surface area contributed by atoms with E-state index in [0.29, 0.717) is 26.1 Å². The summed E-state index contributed by atoms with van der Waals surface area (Å²) >= 11 is 0. The van der Waals surface area contributed by atoms with Crippen LogP contribution in [0.25, 0.3) is 0 Å². The van der Waals surface area contributed by atoms with Gasteiger partial charge >= 0.3 is 6.03 Å². The third-order valence-corrected chi connectivity index (χ3v) is 5.76. The van der Waals surface area contributed by atoms with E-state index in [1.807, 2.05) is 62.4 Å². The van der Waals surface area contributed by atoms with Crippen LogP contribution in [0.4, 0.5) is 4.79 Å². The minimum Gasteiger partial charge on any atom is -0.497 e. The highest BCUT2D eigenvalue weighted by molar-refractivity contribution is 6.03. The summed E-state index contributed by atoms with van der Waals surface area (Å²) in [4.78, 5) is 27.6. The topological polar surface area (TPSA) is 83.5 Å². The first-order chi connectivity index (χ1) is 16.5. The van der Waals surface area contributed by atoms with Crippen molar-refractivity contribution in [2.45, 2.75) is 32.7 Å². The zero-order valence-electron chi connectivity index (χ0n) is 20.4. The number of ether oxygens (including phenoxy) is 2. The zero-order chi connectivity index (χ0) is 24.5. The maximum Gasteiger partial charge on any atom is 0.317 e. The molecule has 1 atom stereocenters. The van der Waals surface area contributed by atoms with Gasteiger partial charge in [-0.1, -0.05) is 36.8 Å². The van der Waals surface area contributed by atoms with Gasteiger partial charge in [0, 0.05) is 26.6 Å². The normalized spacial score (nSPS) is 15.1. The molecule has 182 valence electrons. The lowest BCUT2D eigenvalue weighted by molar-refractivity contribution is -0.133. The van der Waals surface area contributed by atoms with E-state index in [1.54, 1.807) is 14.2 Å². The highest BCUT2D eigenvalue weighted by atomic mass is 16.5. The molecule has 0 aliphatic carbocycles. The molecule has 0 saturated heterocycles. The molecule has 3 rings (SSSR count). The van der Waals surface area contributed by atoms with Crippen molar-refractivity contribution in [1.82, 2.24) is 15.2 Å². The van der Waals surface area contributed by atoms with Crippen LogP contribution in [0, 0.1) is 6.92 Å². The van der Waals surface area contributed by atoms with Crippen LogP contribution in [0.3, 0.4) is 0 Å². The number of carbonyl (C=O) groups is 2. The first kappa shape index (κ1) is 25.2.